The van der Waals surface area contributed by atoms with E-state index in [9.17, 15) is 9.59 Å². The zero-order valence-electron chi connectivity index (χ0n) is 15.9. The molecule has 2 amide bonds. The largest absolute Gasteiger partial charge is 0.493 e. The number of fused-ring (bicyclic) bond motifs is 1. The zero-order valence-corrected chi connectivity index (χ0v) is 15.9. The van der Waals surface area contributed by atoms with Crippen LogP contribution in [0.2, 0.25) is 0 Å². The molecule has 6 nitrogen and oxygen atoms in total. The van der Waals surface area contributed by atoms with Crippen molar-refractivity contribution >= 4 is 11.8 Å². The van der Waals surface area contributed by atoms with Crippen LogP contribution in [0.4, 0.5) is 0 Å². The molecule has 0 bridgehead atoms. The molecule has 1 aromatic carbocycles. The summed E-state index contributed by atoms with van der Waals surface area (Å²) >= 11 is 0. The van der Waals surface area contributed by atoms with Gasteiger partial charge in [0.1, 0.15) is 5.75 Å². The first-order valence-corrected chi connectivity index (χ1v) is 9.53. The fraction of sp³-hybridized carbons (Fsp3) is 0.429. The molecule has 142 valence electrons. The van der Waals surface area contributed by atoms with Gasteiger partial charge in [-0.2, -0.15) is 0 Å². The van der Waals surface area contributed by atoms with Crippen LogP contribution in [0.25, 0.3) is 0 Å². The lowest BCUT2D eigenvalue weighted by molar-refractivity contribution is 0.0535. The summed E-state index contributed by atoms with van der Waals surface area (Å²) < 4.78 is 5.63. The Morgan fingerprint density at radius 3 is 2.37 bits per heavy atom. The summed E-state index contributed by atoms with van der Waals surface area (Å²) in [6, 6.07) is 7.60. The van der Waals surface area contributed by atoms with Gasteiger partial charge in [-0.15, -0.1) is 0 Å². The second-order valence-electron chi connectivity index (χ2n) is 7.35. The Kier molecular flexibility index (Phi) is 4.64. The number of ether oxygens (including phenoxy) is 1. The average Bonchev–Trinajstić information content (AvgIpc) is 3.04. The molecule has 0 saturated carbocycles. The minimum Gasteiger partial charge on any atom is -0.493 e. The van der Waals surface area contributed by atoms with Crippen molar-refractivity contribution in [2.45, 2.75) is 26.7 Å². The minimum atomic E-state index is 0.0316. The first-order valence-electron chi connectivity index (χ1n) is 9.53. The van der Waals surface area contributed by atoms with Crippen molar-refractivity contribution in [3.63, 3.8) is 0 Å². The molecule has 1 N–H and O–H groups in total. The molecular weight excluding hydrogens is 342 g/mol. The summed E-state index contributed by atoms with van der Waals surface area (Å²) in [6.45, 7) is 6.84. The van der Waals surface area contributed by atoms with Crippen molar-refractivity contribution in [1.82, 2.24) is 14.8 Å². The molecule has 1 fully saturated rings. The third kappa shape index (κ3) is 3.44. The summed E-state index contributed by atoms with van der Waals surface area (Å²) in [5.41, 5.74) is 4.42. The van der Waals surface area contributed by atoms with Gasteiger partial charge in [0.25, 0.3) is 11.8 Å². The highest BCUT2D eigenvalue weighted by Gasteiger charge is 2.27. The standard InChI is InChI=1S/C21H25N3O3/c1-14-12-18(15(2)22-14)21(26)24-9-7-23(8-10-24)20(25)17-5-6-19-16(13-17)4-3-11-27-19/h5-6,12-13,22H,3-4,7-11H2,1-2H3. The molecule has 0 unspecified atom stereocenters. The van der Waals surface area contributed by atoms with Crippen LogP contribution in [-0.2, 0) is 6.42 Å². The normalized spacial score (nSPS) is 16.7. The fourth-order valence-electron chi connectivity index (χ4n) is 3.91. The lowest BCUT2D eigenvalue weighted by Gasteiger charge is -2.35. The Morgan fingerprint density at radius 2 is 1.70 bits per heavy atom. The maximum absolute atomic E-state index is 12.9. The molecule has 1 saturated heterocycles. The van der Waals surface area contributed by atoms with Crippen LogP contribution in [-0.4, -0.2) is 59.4 Å². The number of H-pyrrole nitrogens is 1. The average molecular weight is 367 g/mol. The number of carbonyl (C=O) groups excluding carboxylic acids is 2. The number of aryl methyl sites for hydroxylation is 3. The number of carbonyl (C=O) groups is 2. The van der Waals surface area contributed by atoms with Gasteiger partial charge in [-0.1, -0.05) is 0 Å². The van der Waals surface area contributed by atoms with E-state index in [-0.39, 0.29) is 11.8 Å². The van der Waals surface area contributed by atoms with Gasteiger partial charge in [0.2, 0.25) is 0 Å². The van der Waals surface area contributed by atoms with E-state index in [2.05, 4.69) is 4.98 Å². The number of hydrogen-bond acceptors (Lipinski definition) is 3. The highest BCUT2D eigenvalue weighted by Crippen LogP contribution is 2.26. The maximum atomic E-state index is 12.9. The van der Waals surface area contributed by atoms with E-state index in [1.807, 2.05) is 47.9 Å². The zero-order chi connectivity index (χ0) is 19.0. The van der Waals surface area contributed by atoms with E-state index in [1.165, 1.54) is 0 Å². The quantitative estimate of drug-likeness (QED) is 0.887. The second kappa shape index (κ2) is 7.10. The molecular formula is C21H25N3O3. The van der Waals surface area contributed by atoms with E-state index in [0.29, 0.717) is 31.7 Å². The summed E-state index contributed by atoms with van der Waals surface area (Å²) in [6.07, 6.45) is 1.94. The highest BCUT2D eigenvalue weighted by atomic mass is 16.5. The van der Waals surface area contributed by atoms with E-state index in [0.717, 1.165) is 47.7 Å². The van der Waals surface area contributed by atoms with Crippen LogP contribution < -0.4 is 4.74 Å². The Morgan fingerprint density at radius 1 is 1.00 bits per heavy atom. The Bertz CT molecular complexity index is 879. The van der Waals surface area contributed by atoms with Crippen LogP contribution in [0.5, 0.6) is 5.75 Å². The predicted octanol–water partition coefficient (Wildman–Crippen LogP) is 2.55. The predicted molar refractivity (Wildman–Crippen MR) is 102 cm³/mol. The third-order valence-corrected chi connectivity index (χ3v) is 5.39. The molecule has 27 heavy (non-hydrogen) atoms. The molecule has 2 aromatic rings. The van der Waals surface area contributed by atoms with Crippen LogP contribution in [0.15, 0.2) is 24.3 Å². The number of piperazine rings is 1. The van der Waals surface area contributed by atoms with Gasteiger partial charge in [0.05, 0.1) is 12.2 Å². The Hall–Kier alpha value is -2.76. The van der Waals surface area contributed by atoms with Crippen LogP contribution in [0.1, 0.15) is 44.1 Å². The van der Waals surface area contributed by atoms with E-state index in [1.54, 1.807) is 0 Å². The third-order valence-electron chi connectivity index (χ3n) is 5.39. The van der Waals surface area contributed by atoms with Crippen molar-refractivity contribution in [2.75, 3.05) is 32.8 Å². The Labute approximate surface area is 159 Å². The molecule has 4 rings (SSSR count). The lowest BCUT2D eigenvalue weighted by Crippen LogP contribution is -2.50. The van der Waals surface area contributed by atoms with E-state index < -0.39 is 0 Å². The molecule has 3 heterocycles. The van der Waals surface area contributed by atoms with Crippen LogP contribution >= 0.6 is 0 Å². The Balaban J connectivity index is 1.41. The fourth-order valence-corrected chi connectivity index (χ4v) is 3.91. The van der Waals surface area contributed by atoms with Gasteiger partial charge >= 0.3 is 0 Å². The molecule has 0 aliphatic carbocycles. The van der Waals surface area contributed by atoms with Crippen molar-refractivity contribution in [3.05, 3.63) is 52.3 Å². The van der Waals surface area contributed by atoms with Gasteiger partial charge in [0, 0.05) is 43.1 Å². The molecule has 2 aliphatic rings. The van der Waals surface area contributed by atoms with E-state index >= 15 is 0 Å². The maximum Gasteiger partial charge on any atom is 0.255 e. The number of amides is 2. The van der Waals surface area contributed by atoms with Gasteiger partial charge in [-0.05, 0) is 56.5 Å². The molecule has 2 aliphatic heterocycles. The van der Waals surface area contributed by atoms with Crippen molar-refractivity contribution in [2.24, 2.45) is 0 Å². The van der Waals surface area contributed by atoms with Crippen molar-refractivity contribution < 1.29 is 14.3 Å². The second-order valence-corrected chi connectivity index (χ2v) is 7.35. The summed E-state index contributed by atoms with van der Waals surface area (Å²) in [4.78, 5) is 32.4. The number of nitrogens with zero attached hydrogens (tertiary/aromatic N) is 2. The molecule has 0 spiro atoms. The summed E-state index contributed by atoms with van der Waals surface area (Å²) in [5.74, 6) is 0.962. The van der Waals surface area contributed by atoms with Gasteiger partial charge in [-0.25, -0.2) is 0 Å². The topological polar surface area (TPSA) is 65.6 Å². The number of hydrogen-bond donors (Lipinski definition) is 1. The first-order chi connectivity index (χ1) is 13.0. The minimum absolute atomic E-state index is 0.0316. The number of rotatable bonds is 2. The molecule has 0 atom stereocenters. The number of benzene rings is 1. The number of aromatic nitrogens is 1. The van der Waals surface area contributed by atoms with Crippen LogP contribution in [0.3, 0.4) is 0 Å². The number of nitrogens with one attached hydrogen (secondary N) is 1. The first kappa shape index (κ1) is 17.6. The van der Waals surface area contributed by atoms with E-state index in [4.69, 9.17) is 4.74 Å². The van der Waals surface area contributed by atoms with Crippen molar-refractivity contribution in [1.29, 1.82) is 0 Å². The van der Waals surface area contributed by atoms with Gasteiger partial charge < -0.3 is 19.5 Å². The lowest BCUT2D eigenvalue weighted by atomic mass is 10.0. The smallest absolute Gasteiger partial charge is 0.255 e. The monoisotopic (exact) mass is 367 g/mol. The van der Waals surface area contributed by atoms with Gasteiger partial charge in [-0.3, -0.25) is 9.59 Å². The molecule has 1 aromatic heterocycles. The van der Waals surface area contributed by atoms with Crippen LogP contribution in [0, 0.1) is 13.8 Å². The SMILES string of the molecule is Cc1cc(C(=O)N2CCN(C(=O)c3ccc4c(c3)CCCO4)CC2)c(C)[nH]1. The molecule has 0 radical (unpaired) electrons. The summed E-state index contributed by atoms with van der Waals surface area (Å²) in [7, 11) is 0. The number of aromatic amines is 1. The highest BCUT2D eigenvalue weighted by molar-refractivity contribution is 5.97. The van der Waals surface area contributed by atoms with Crippen molar-refractivity contribution in [3.8, 4) is 5.75 Å². The summed E-state index contributed by atoms with van der Waals surface area (Å²) in [5, 5.41) is 0. The molecule has 6 heteroatoms. The van der Waals surface area contributed by atoms with Gasteiger partial charge in [0.15, 0.2) is 0 Å².